The minimum absolute atomic E-state index is 0.205. The van der Waals surface area contributed by atoms with Gasteiger partial charge in [-0.1, -0.05) is 22.9 Å². The third-order valence-corrected chi connectivity index (χ3v) is 6.75. The van der Waals surface area contributed by atoms with Crippen LogP contribution in [0.1, 0.15) is 10.4 Å². The quantitative estimate of drug-likeness (QED) is 0.289. The van der Waals surface area contributed by atoms with Crippen LogP contribution < -0.4 is 16.0 Å². The highest BCUT2D eigenvalue weighted by molar-refractivity contribution is 7.19. The number of ether oxygens (including phenoxy) is 1. The van der Waals surface area contributed by atoms with Gasteiger partial charge in [0.15, 0.2) is 10.8 Å². The summed E-state index contributed by atoms with van der Waals surface area (Å²) in [4.78, 5) is 37.1. The van der Waals surface area contributed by atoms with Crippen molar-refractivity contribution < 1.29 is 14.3 Å². The van der Waals surface area contributed by atoms with E-state index in [1.54, 1.807) is 42.7 Å². The molecule has 5 rings (SSSR count). The van der Waals surface area contributed by atoms with Crippen molar-refractivity contribution in [1.82, 2.24) is 30.4 Å². The molecule has 0 spiro atoms. The topological polar surface area (TPSA) is 137 Å². The number of H-pyrrole nitrogens is 1. The monoisotopic (exact) mass is 526 g/mol. The third kappa shape index (κ3) is 5.79. The van der Waals surface area contributed by atoms with Crippen LogP contribution in [0, 0.1) is 0 Å². The van der Waals surface area contributed by atoms with Crippen LogP contribution in [-0.4, -0.2) is 76.4 Å². The maximum Gasteiger partial charge on any atom is 0.325 e. The van der Waals surface area contributed by atoms with Gasteiger partial charge in [-0.15, -0.1) is 0 Å². The van der Waals surface area contributed by atoms with Crippen LogP contribution >= 0.6 is 22.9 Å². The van der Waals surface area contributed by atoms with Gasteiger partial charge in [0, 0.05) is 43.1 Å². The van der Waals surface area contributed by atoms with Gasteiger partial charge in [-0.2, -0.15) is 5.10 Å². The Labute approximate surface area is 215 Å². The molecule has 36 heavy (non-hydrogen) atoms. The van der Waals surface area contributed by atoms with Gasteiger partial charge < -0.3 is 15.4 Å². The van der Waals surface area contributed by atoms with E-state index in [2.05, 4.69) is 41.0 Å². The Hall–Kier alpha value is -3.58. The minimum atomic E-state index is -0.435. The van der Waals surface area contributed by atoms with Gasteiger partial charge in [-0.3, -0.25) is 20.1 Å². The average Bonchev–Trinajstić information content (AvgIpc) is 3.55. The highest BCUT2D eigenvalue weighted by atomic mass is 35.5. The first kappa shape index (κ1) is 24.1. The van der Waals surface area contributed by atoms with Crippen molar-refractivity contribution in [3.05, 3.63) is 53.3 Å². The number of aromatic nitrogens is 4. The standard InChI is InChI=1S/C23H23ClN8O3S/c24-14-1-3-15(4-2-14)28-22(34)30-23-26-13-19(36-23)18-11-16(17-12-27-31-20(17)29-18)21(33)25-5-6-32-7-9-35-10-8-32/h1-4,11-13H,5-10H2,(H,25,33)(H,27,29,31)(H2,26,28,30,34). The molecule has 0 radical (unpaired) electrons. The summed E-state index contributed by atoms with van der Waals surface area (Å²) < 4.78 is 5.36. The summed E-state index contributed by atoms with van der Waals surface area (Å²) in [7, 11) is 0. The van der Waals surface area contributed by atoms with E-state index in [4.69, 9.17) is 16.3 Å². The van der Waals surface area contributed by atoms with E-state index < -0.39 is 6.03 Å². The summed E-state index contributed by atoms with van der Waals surface area (Å²) in [5.41, 5.74) is 2.11. The lowest BCUT2D eigenvalue weighted by molar-refractivity contribution is 0.0383. The Balaban J connectivity index is 1.27. The number of urea groups is 1. The first-order chi connectivity index (χ1) is 17.5. The van der Waals surface area contributed by atoms with Gasteiger partial charge in [-0.05, 0) is 30.3 Å². The number of nitrogens with one attached hydrogen (secondary N) is 4. The molecule has 0 atom stereocenters. The molecule has 186 valence electrons. The predicted molar refractivity (Wildman–Crippen MR) is 139 cm³/mol. The lowest BCUT2D eigenvalue weighted by Crippen LogP contribution is -2.41. The SMILES string of the molecule is O=C(Nc1ccc(Cl)cc1)Nc1ncc(-c2cc(C(=O)NCCN3CCOCC3)c3cn[nH]c3n2)s1. The number of anilines is 2. The lowest BCUT2D eigenvalue weighted by Gasteiger charge is -2.26. The van der Waals surface area contributed by atoms with Gasteiger partial charge in [0.25, 0.3) is 5.91 Å². The molecule has 3 aromatic heterocycles. The summed E-state index contributed by atoms with van der Waals surface area (Å²) in [5, 5.41) is 16.9. The van der Waals surface area contributed by atoms with E-state index in [9.17, 15) is 9.59 Å². The number of pyridine rings is 1. The van der Waals surface area contributed by atoms with Crippen molar-refractivity contribution in [2.45, 2.75) is 0 Å². The zero-order valence-corrected chi connectivity index (χ0v) is 20.7. The lowest BCUT2D eigenvalue weighted by atomic mass is 10.1. The average molecular weight is 527 g/mol. The molecular weight excluding hydrogens is 504 g/mol. The van der Waals surface area contributed by atoms with Gasteiger partial charge in [0.2, 0.25) is 0 Å². The third-order valence-electron chi connectivity index (χ3n) is 5.57. The Morgan fingerprint density at radius 2 is 1.94 bits per heavy atom. The van der Waals surface area contributed by atoms with Crippen LogP contribution in [0.3, 0.4) is 0 Å². The number of benzene rings is 1. The van der Waals surface area contributed by atoms with Gasteiger partial charge >= 0.3 is 6.03 Å². The molecule has 13 heteroatoms. The fourth-order valence-corrected chi connectivity index (χ4v) is 4.63. The summed E-state index contributed by atoms with van der Waals surface area (Å²) in [6.45, 7) is 4.43. The highest BCUT2D eigenvalue weighted by Crippen LogP contribution is 2.30. The molecule has 1 aromatic carbocycles. The number of carbonyl (C=O) groups is 2. The molecule has 3 amide bonds. The maximum absolute atomic E-state index is 13.0. The molecule has 1 saturated heterocycles. The second-order valence-corrected chi connectivity index (χ2v) is 9.48. The van der Waals surface area contributed by atoms with Gasteiger partial charge in [0.1, 0.15) is 0 Å². The van der Waals surface area contributed by atoms with Crippen LogP contribution in [0.25, 0.3) is 21.6 Å². The largest absolute Gasteiger partial charge is 0.379 e. The van der Waals surface area contributed by atoms with Crippen molar-refractivity contribution in [3.63, 3.8) is 0 Å². The zero-order chi connectivity index (χ0) is 24.9. The molecule has 0 saturated carbocycles. The van der Waals surface area contributed by atoms with E-state index in [1.165, 1.54) is 11.3 Å². The fraction of sp³-hybridized carbons (Fsp3) is 0.261. The number of thiazole rings is 1. The second kappa shape index (κ2) is 11.0. The first-order valence-corrected chi connectivity index (χ1v) is 12.5. The van der Waals surface area contributed by atoms with E-state index in [-0.39, 0.29) is 5.91 Å². The molecule has 1 aliphatic rings. The molecule has 4 heterocycles. The second-order valence-electron chi connectivity index (χ2n) is 8.01. The molecular formula is C23H23ClN8O3S. The molecule has 4 aromatic rings. The molecule has 4 N–H and O–H groups in total. The van der Waals surface area contributed by atoms with Crippen LogP contribution in [0.15, 0.2) is 42.7 Å². The van der Waals surface area contributed by atoms with E-state index in [1.807, 2.05) is 0 Å². The predicted octanol–water partition coefficient (Wildman–Crippen LogP) is 3.44. The Morgan fingerprint density at radius 1 is 1.14 bits per heavy atom. The molecule has 1 aliphatic heterocycles. The normalized spacial score (nSPS) is 14.0. The number of aromatic amines is 1. The maximum atomic E-state index is 13.0. The first-order valence-electron chi connectivity index (χ1n) is 11.3. The fourth-order valence-electron chi connectivity index (χ4n) is 3.73. The highest BCUT2D eigenvalue weighted by Gasteiger charge is 2.18. The summed E-state index contributed by atoms with van der Waals surface area (Å²) in [5.74, 6) is -0.205. The van der Waals surface area contributed by atoms with Crippen LogP contribution in [0.2, 0.25) is 5.02 Å². The van der Waals surface area contributed by atoms with Crippen LogP contribution in [0.4, 0.5) is 15.6 Å². The van der Waals surface area contributed by atoms with Crippen molar-refractivity contribution in [1.29, 1.82) is 0 Å². The van der Waals surface area contributed by atoms with Crippen LogP contribution in [-0.2, 0) is 4.74 Å². The molecule has 1 fully saturated rings. The number of fused-ring (bicyclic) bond motifs is 1. The molecule has 11 nitrogen and oxygen atoms in total. The van der Waals surface area contributed by atoms with Crippen molar-refractivity contribution in [2.24, 2.45) is 0 Å². The molecule has 0 aliphatic carbocycles. The number of carbonyl (C=O) groups excluding carboxylic acids is 2. The summed E-state index contributed by atoms with van der Waals surface area (Å²) >= 11 is 7.12. The number of rotatable bonds is 7. The van der Waals surface area contributed by atoms with Crippen molar-refractivity contribution >= 4 is 56.7 Å². The smallest absolute Gasteiger partial charge is 0.325 e. The zero-order valence-electron chi connectivity index (χ0n) is 19.1. The molecule has 0 unspecified atom stereocenters. The number of morpholine rings is 1. The Kier molecular flexibility index (Phi) is 7.37. The van der Waals surface area contributed by atoms with E-state index >= 15 is 0 Å². The Bertz CT molecular complexity index is 1370. The van der Waals surface area contributed by atoms with E-state index in [0.717, 1.165) is 19.6 Å². The Morgan fingerprint density at radius 3 is 2.75 bits per heavy atom. The number of halogens is 1. The van der Waals surface area contributed by atoms with E-state index in [0.29, 0.717) is 62.8 Å². The molecule has 0 bridgehead atoms. The van der Waals surface area contributed by atoms with Crippen molar-refractivity contribution in [2.75, 3.05) is 50.0 Å². The van der Waals surface area contributed by atoms with Gasteiger partial charge in [0.05, 0.1) is 40.9 Å². The number of amides is 3. The number of hydrogen-bond donors (Lipinski definition) is 4. The van der Waals surface area contributed by atoms with Gasteiger partial charge in [-0.25, -0.2) is 14.8 Å². The van der Waals surface area contributed by atoms with Crippen molar-refractivity contribution in [3.8, 4) is 10.6 Å². The van der Waals surface area contributed by atoms with Crippen LogP contribution in [0.5, 0.6) is 0 Å². The summed E-state index contributed by atoms with van der Waals surface area (Å²) in [6, 6.07) is 8.06. The number of nitrogens with zero attached hydrogens (tertiary/aromatic N) is 4. The minimum Gasteiger partial charge on any atom is -0.379 e. The summed E-state index contributed by atoms with van der Waals surface area (Å²) in [6.07, 6.45) is 3.19. The number of hydrogen-bond acceptors (Lipinski definition) is 8.